The molecule has 0 aliphatic carbocycles. The SMILES string of the molecule is CN(CCN1CCCNCC1)CCN1CCOCC1. The van der Waals surface area contributed by atoms with Gasteiger partial charge in [0, 0.05) is 52.4 Å². The molecule has 0 saturated carbocycles. The van der Waals surface area contributed by atoms with Crippen LogP contribution in [0.4, 0.5) is 0 Å². The van der Waals surface area contributed by atoms with Crippen molar-refractivity contribution in [3.8, 4) is 0 Å². The van der Waals surface area contributed by atoms with Gasteiger partial charge in [-0.25, -0.2) is 0 Å². The van der Waals surface area contributed by atoms with E-state index in [-0.39, 0.29) is 0 Å². The molecule has 0 atom stereocenters. The lowest BCUT2D eigenvalue weighted by Gasteiger charge is -2.29. The van der Waals surface area contributed by atoms with Crippen molar-refractivity contribution in [1.82, 2.24) is 20.0 Å². The van der Waals surface area contributed by atoms with E-state index < -0.39 is 0 Å². The Morgan fingerprint density at radius 2 is 1.63 bits per heavy atom. The zero-order valence-electron chi connectivity index (χ0n) is 12.4. The van der Waals surface area contributed by atoms with Crippen LogP contribution in [0.25, 0.3) is 0 Å². The van der Waals surface area contributed by atoms with Crippen LogP contribution in [0.3, 0.4) is 0 Å². The van der Waals surface area contributed by atoms with E-state index in [9.17, 15) is 0 Å². The maximum atomic E-state index is 5.38. The minimum atomic E-state index is 0.907. The first-order chi connectivity index (χ1) is 9.34. The first-order valence-corrected chi connectivity index (χ1v) is 7.76. The third kappa shape index (κ3) is 6.19. The van der Waals surface area contributed by atoms with E-state index >= 15 is 0 Å². The first kappa shape index (κ1) is 15.2. The number of hydrogen-bond acceptors (Lipinski definition) is 5. The molecule has 0 unspecified atom stereocenters. The number of morpholine rings is 1. The number of hydrogen-bond donors (Lipinski definition) is 1. The van der Waals surface area contributed by atoms with E-state index in [1.807, 2.05) is 0 Å². The minimum Gasteiger partial charge on any atom is -0.379 e. The topological polar surface area (TPSA) is 31.0 Å². The number of nitrogens with one attached hydrogen (secondary N) is 1. The Morgan fingerprint density at radius 3 is 2.37 bits per heavy atom. The maximum Gasteiger partial charge on any atom is 0.0594 e. The molecule has 1 N–H and O–H groups in total. The molecule has 0 spiro atoms. The molecule has 2 saturated heterocycles. The molecular formula is C14H30N4O. The molecule has 0 aromatic heterocycles. The van der Waals surface area contributed by atoms with Gasteiger partial charge in [0.1, 0.15) is 0 Å². The second kappa shape index (κ2) is 8.87. The van der Waals surface area contributed by atoms with E-state index in [1.165, 1.54) is 52.2 Å². The average Bonchev–Trinajstić information content (AvgIpc) is 2.73. The van der Waals surface area contributed by atoms with Gasteiger partial charge < -0.3 is 19.9 Å². The number of ether oxygens (including phenoxy) is 1. The lowest BCUT2D eigenvalue weighted by molar-refractivity contribution is 0.0341. The van der Waals surface area contributed by atoms with Crippen LogP contribution in [-0.4, -0.2) is 100 Å². The largest absolute Gasteiger partial charge is 0.379 e. The lowest BCUT2D eigenvalue weighted by Crippen LogP contribution is -2.42. The highest BCUT2D eigenvalue weighted by Crippen LogP contribution is 1.98. The van der Waals surface area contributed by atoms with Crippen LogP contribution < -0.4 is 5.32 Å². The average molecular weight is 270 g/mol. The summed E-state index contributed by atoms with van der Waals surface area (Å²) in [5.41, 5.74) is 0. The van der Waals surface area contributed by atoms with Gasteiger partial charge in [0.05, 0.1) is 13.2 Å². The number of rotatable bonds is 6. The van der Waals surface area contributed by atoms with Gasteiger partial charge in [-0.1, -0.05) is 0 Å². The van der Waals surface area contributed by atoms with Crippen molar-refractivity contribution in [1.29, 1.82) is 0 Å². The highest BCUT2D eigenvalue weighted by Gasteiger charge is 2.12. The zero-order valence-corrected chi connectivity index (χ0v) is 12.4. The smallest absolute Gasteiger partial charge is 0.0594 e. The summed E-state index contributed by atoms with van der Waals surface area (Å²) in [5, 5.41) is 3.46. The standard InChI is InChI=1S/C14H30N4O/c1-16(8-10-18-11-13-19-14-12-18)7-9-17-5-2-3-15-4-6-17/h15H,2-14H2,1H3. The summed E-state index contributed by atoms with van der Waals surface area (Å²) in [4.78, 5) is 7.56. The maximum absolute atomic E-state index is 5.38. The van der Waals surface area contributed by atoms with Gasteiger partial charge in [0.25, 0.3) is 0 Å². The summed E-state index contributed by atoms with van der Waals surface area (Å²) in [5.74, 6) is 0. The highest BCUT2D eigenvalue weighted by atomic mass is 16.5. The van der Waals surface area contributed by atoms with Crippen LogP contribution in [0, 0.1) is 0 Å². The predicted molar refractivity (Wildman–Crippen MR) is 78.7 cm³/mol. The molecule has 19 heavy (non-hydrogen) atoms. The molecule has 5 nitrogen and oxygen atoms in total. The number of likely N-dealkylation sites (N-methyl/N-ethyl adjacent to an activating group) is 1. The summed E-state index contributed by atoms with van der Waals surface area (Å²) in [7, 11) is 2.25. The van der Waals surface area contributed by atoms with E-state index in [0.717, 1.165) is 32.8 Å². The van der Waals surface area contributed by atoms with Crippen molar-refractivity contribution in [2.24, 2.45) is 0 Å². The quantitative estimate of drug-likeness (QED) is 0.706. The Labute approximate surface area is 117 Å². The summed E-state index contributed by atoms with van der Waals surface area (Å²) >= 11 is 0. The summed E-state index contributed by atoms with van der Waals surface area (Å²) in [6, 6.07) is 0. The van der Waals surface area contributed by atoms with Crippen LogP contribution in [-0.2, 0) is 4.74 Å². The molecule has 2 aliphatic heterocycles. The minimum absolute atomic E-state index is 0.907. The molecule has 0 bridgehead atoms. The molecule has 0 aromatic rings. The Morgan fingerprint density at radius 1 is 0.947 bits per heavy atom. The monoisotopic (exact) mass is 270 g/mol. The third-order valence-electron chi connectivity index (χ3n) is 4.13. The summed E-state index contributed by atoms with van der Waals surface area (Å²) < 4.78 is 5.38. The molecule has 2 aliphatic rings. The second-order valence-corrected chi connectivity index (χ2v) is 5.70. The van der Waals surface area contributed by atoms with E-state index in [2.05, 4.69) is 27.1 Å². The second-order valence-electron chi connectivity index (χ2n) is 5.70. The van der Waals surface area contributed by atoms with Crippen LogP contribution in [0.2, 0.25) is 0 Å². The molecule has 0 amide bonds. The fourth-order valence-corrected chi connectivity index (χ4v) is 2.69. The van der Waals surface area contributed by atoms with Crippen molar-refractivity contribution in [2.75, 3.05) is 85.7 Å². The van der Waals surface area contributed by atoms with Crippen LogP contribution in [0.1, 0.15) is 6.42 Å². The van der Waals surface area contributed by atoms with Gasteiger partial charge in [-0.05, 0) is 26.6 Å². The molecule has 0 radical (unpaired) electrons. The van der Waals surface area contributed by atoms with Crippen molar-refractivity contribution < 1.29 is 4.74 Å². The zero-order chi connectivity index (χ0) is 13.3. The van der Waals surface area contributed by atoms with Gasteiger partial charge in [0.15, 0.2) is 0 Å². The lowest BCUT2D eigenvalue weighted by atomic mass is 10.3. The Bertz CT molecular complexity index is 225. The first-order valence-electron chi connectivity index (χ1n) is 7.76. The van der Waals surface area contributed by atoms with Gasteiger partial charge in [-0.15, -0.1) is 0 Å². The van der Waals surface area contributed by atoms with E-state index in [1.54, 1.807) is 0 Å². The van der Waals surface area contributed by atoms with Crippen molar-refractivity contribution in [2.45, 2.75) is 6.42 Å². The normalized spacial score (nSPS) is 23.7. The van der Waals surface area contributed by atoms with Crippen molar-refractivity contribution in [3.63, 3.8) is 0 Å². The third-order valence-corrected chi connectivity index (χ3v) is 4.13. The number of nitrogens with zero attached hydrogens (tertiary/aromatic N) is 3. The highest BCUT2D eigenvalue weighted by molar-refractivity contribution is 4.68. The fraction of sp³-hybridized carbons (Fsp3) is 1.00. The van der Waals surface area contributed by atoms with Crippen molar-refractivity contribution >= 4 is 0 Å². The molecular weight excluding hydrogens is 240 g/mol. The van der Waals surface area contributed by atoms with E-state index in [0.29, 0.717) is 0 Å². The van der Waals surface area contributed by atoms with Gasteiger partial charge >= 0.3 is 0 Å². The van der Waals surface area contributed by atoms with Crippen LogP contribution in [0.15, 0.2) is 0 Å². The van der Waals surface area contributed by atoms with Gasteiger partial charge in [0.2, 0.25) is 0 Å². The Hall–Kier alpha value is -0.200. The summed E-state index contributed by atoms with van der Waals surface area (Å²) in [6.07, 6.45) is 1.29. The van der Waals surface area contributed by atoms with Gasteiger partial charge in [-0.3, -0.25) is 4.90 Å². The van der Waals surface area contributed by atoms with Gasteiger partial charge in [-0.2, -0.15) is 0 Å². The predicted octanol–water partition coefficient (Wildman–Crippen LogP) is -0.454. The molecule has 112 valence electrons. The van der Waals surface area contributed by atoms with Crippen LogP contribution >= 0.6 is 0 Å². The van der Waals surface area contributed by atoms with Crippen LogP contribution in [0.5, 0.6) is 0 Å². The molecule has 2 heterocycles. The Kier molecular flexibility index (Phi) is 7.09. The molecule has 0 aromatic carbocycles. The van der Waals surface area contributed by atoms with Crippen molar-refractivity contribution in [3.05, 3.63) is 0 Å². The Balaban J connectivity index is 1.54. The molecule has 5 heteroatoms. The molecule has 2 fully saturated rings. The molecule has 2 rings (SSSR count). The fourth-order valence-electron chi connectivity index (χ4n) is 2.69. The summed E-state index contributed by atoms with van der Waals surface area (Å²) in [6.45, 7) is 13.6. The van der Waals surface area contributed by atoms with E-state index in [4.69, 9.17) is 4.74 Å².